The van der Waals surface area contributed by atoms with Gasteiger partial charge in [-0.2, -0.15) is 18.3 Å². The van der Waals surface area contributed by atoms with Gasteiger partial charge in [-0.15, -0.1) is 0 Å². The molecule has 1 heterocycles. The number of benzene rings is 1. The zero-order valence-electron chi connectivity index (χ0n) is 10.7. The number of halogens is 3. The van der Waals surface area contributed by atoms with E-state index in [-0.39, 0.29) is 0 Å². The van der Waals surface area contributed by atoms with E-state index >= 15 is 0 Å². The Bertz CT molecular complexity index is 556. The van der Waals surface area contributed by atoms with Gasteiger partial charge in [0.15, 0.2) is 5.82 Å². The molecule has 0 aliphatic heterocycles. The lowest BCUT2D eigenvalue weighted by Crippen LogP contribution is -2.04. The Morgan fingerprint density at radius 1 is 1.16 bits per heavy atom. The Kier molecular flexibility index (Phi) is 3.59. The fourth-order valence-electron chi connectivity index (χ4n) is 1.79. The standard InChI is InChI=1S/C13H14F3N3/c1-3-4-11-17-12(18-19(11)2)9-5-7-10(8-6-9)13(14,15)16/h5-8H,3-4H2,1-2H3. The molecule has 0 aliphatic rings. The molecule has 1 aromatic heterocycles. The van der Waals surface area contributed by atoms with Gasteiger partial charge in [0.1, 0.15) is 5.82 Å². The fourth-order valence-corrected chi connectivity index (χ4v) is 1.79. The van der Waals surface area contributed by atoms with Crippen LogP contribution >= 0.6 is 0 Å². The molecule has 0 aliphatic carbocycles. The molecule has 3 nitrogen and oxygen atoms in total. The highest BCUT2D eigenvalue weighted by molar-refractivity contribution is 5.55. The van der Waals surface area contributed by atoms with Crippen LogP contribution in [0.15, 0.2) is 24.3 Å². The highest BCUT2D eigenvalue weighted by Crippen LogP contribution is 2.30. The van der Waals surface area contributed by atoms with Gasteiger partial charge in [0.25, 0.3) is 0 Å². The number of nitrogens with zero attached hydrogens (tertiary/aromatic N) is 3. The van der Waals surface area contributed by atoms with Crippen LogP contribution in [0.5, 0.6) is 0 Å². The van der Waals surface area contributed by atoms with Crippen molar-refractivity contribution in [3.05, 3.63) is 35.7 Å². The van der Waals surface area contributed by atoms with Gasteiger partial charge in [0.05, 0.1) is 5.56 Å². The number of hydrogen-bond acceptors (Lipinski definition) is 2. The summed E-state index contributed by atoms with van der Waals surface area (Å²) in [6.45, 7) is 2.03. The first-order valence-electron chi connectivity index (χ1n) is 5.99. The van der Waals surface area contributed by atoms with Gasteiger partial charge < -0.3 is 0 Å². The molecule has 1 aromatic carbocycles. The molecule has 0 bridgehead atoms. The van der Waals surface area contributed by atoms with Crippen LogP contribution < -0.4 is 0 Å². The molecule has 102 valence electrons. The predicted molar refractivity (Wildman–Crippen MR) is 65.4 cm³/mol. The minimum absolute atomic E-state index is 0.458. The Balaban J connectivity index is 2.30. The second kappa shape index (κ2) is 5.03. The Hall–Kier alpha value is -1.85. The Morgan fingerprint density at radius 3 is 2.32 bits per heavy atom. The van der Waals surface area contributed by atoms with Crippen molar-refractivity contribution in [2.24, 2.45) is 7.05 Å². The van der Waals surface area contributed by atoms with E-state index in [0.717, 1.165) is 30.8 Å². The summed E-state index contributed by atoms with van der Waals surface area (Å²) in [6, 6.07) is 4.89. The van der Waals surface area contributed by atoms with Gasteiger partial charge in [-0.25, -0.2) is 4.98 Å². The minimum Gasteiger partial charge on any atom is -0.253 e. The van der Waals surface area contributed by atoms with Crippen LogP contribution in [-0.4, -0.2) is 14.8 Å². The first-order valence-corrected chi connectivity index (χ1v) is 5.99. The largest absolute Gasteiger partial charge is 0.416 e. The van der Waals surface area contributed by atoms with Crippen molar-refractivity contribution in [3.63, 3.8) is 0 Å². The van der Waals surface area contributed by atoms with Crippen molar-refractivity contribution < 1.29 is 13.2 Å². The van der Waals surface area contributed by atoms with E-state index in [2.05, 4.69) is 10.1 Å². The molecular formula is C13H14F3N3. The second-order valence-electron chi connectivity index (χ2n) is 4.30. The van der Waals surface area contributed by atoms with Crippen molar-refractivity contribution in [2.75, 3.05) is 0 Å². The van der Waals surface area contributed by atoms with Gasteiger partial charge >= 0.3 is 6.18 Å². The van der Waals surface area contributed by atoms with E-state index in [0.29, 0.717) is 11.4 Å². The van der Waals surface area contributed by atoms with Crippen LogP contribution in [0.1, 0.15) is 24.7 Å². The van der Waals surface area contributed by atoms with Crippen LogP contribution in [0.3, 0.4) is 0 Å². The summed E-state index contributed by atoms with van der Waals surface area (Å²) < 4.78 is 39.0. The Morgan fingerprint density at radius 2 is 1.79 bits per heavy atom. The quantitative estimate of drug-likeness (QED) is 0.854. The molecule has 0 fully saturated rings. The first kappa shape index (κ1) is 13.6. The zero-order chi connectivity index (χ0) is 14.0. The molecule has 0 spiro atoms. The summed E-state index contributed by atoms with van der Waals surface area (Å²) in [6.07, 6.45) is -2.58. The maximum Gasteiger partial charge on any atom is 0.416 e. The third-order valence-electron chi connectivity index (χ3n) is 2.80. The molecule has 2 rings (SSSR count). The monoisotopic (exact) mass is 269 g/mol. The van der Waals surface area contributed by atoms with E-state index in [1.54, 1.807) is 11.7 Å². The van der Waals surface area contributed by atoms with Crippen LogP contribution in [0.4, 0.5) is 13.2 Å². The lowest BCUT2D eigenvalue weighted by molar-refractivity contribution is -0.137. The third-order valence-corrected chi connectivity index (χ3v) is 2.80. The summed E-state index contributed by atoms with van der Waals surface area (Å²) >= 11 is 0. The summed E-state index contributed by atoms with van der Waals surface area (Å²) in [5.41, 5.74) is -0.0769. The molecule has 0 unspecified atom stereocenters. The van der Waals surface area contributed by atoms with Crippen molar-refractivity contribution in [1.29, 1.82) is 0 Å². The molecule has 0 amide bonds. The maximum atomic E-state index is 12.5. The molecule has 0 saturated carbocycles. The van der Waals surface area contributed by atoms with Crippen LogP contribution in [-0.2, 0) is 19.6 Å². The van der Waals surface area contributed by atoms with E-state index in [1.807, 2.05) is 6.92 Å². The number of alkyl halides is 3. The molecule has 0 radical (unpaired) electrons. The molecule has 2 aromatic rings. The molecule has 0 N–H and O–H groups in total. The second-order valence-corrected chi connectivity index (χ2v) is 4.30. The summed E-state index contributed by atoms with van der Waals surface area (Å²) in [5, 5.41) is 4.22. The van der Waals surface area contributed by atoms with Gasteiger partial charge in [-0.3, -0.25) is 4.68 Å². The minimum atomic E-state index is -4.32. The number of hydrogen-bond donors (Lipinski definition) is 0. The smallest absolute Gasteiger partial charge is 0.253 e. The highest BCUT2D eigenvalue weighted by Gasteiger charge is 2.30. The molecule has 19 heavy (non-hydrogen) atoms. The van der Waals surface area contributed by atoms with Crippen molar-refractivity contribution in [2.45, 2.75) is 25.9 Å². The summed E-state index contributed by atoms with van der Waals surface area (Å²) in [5.74, 6) is 1.29. The predicted octanol–water partition coefficient (Wildman–Crippen LogP) is 3.45. The topological polar surface area (TPSA) is 30.7 Å². The first-order chi connectivity index (χ1) is 8.91. The van der Waals surface area contributed by atoms with Crippen molar-refractivity contribution in [3.8, 4) is 11.4 Å². The average molecular weight is 269 g/mol. The van der Waals surface area contributed by atoms with Gasteiger partial charge in [-0.1, -0.05) is 19.1 Å². The van der Waals surface area contributed by atoms with E-state index in [9.17, 15) is 13.2 Å². The molecule has 0 saturated heterocycles. The van der Waals surface area contributed by atoms with Gasteiger partial charge in [-0.05, 0) is 18.6 Å². The van der Waals surface area contributed by atoms with E-state index < -0.39 is 11.7 Å². The van der Waals surface area contributed by atoms with Gasteiger partial charge in [0, 0.05) is 19.0 Å². The molecular weight excluding hydrogens is 255 g/mol. The SMILES string of the molecule is CCCc1nc(-c2ccc(C(F)(F)F)cc2)nn1C. The lowest BCUT2D eigenvalue weighted by atomic mass is 10.1. The van der Waals surface area contributed by atoms with E-state index in [1.165, 1.54) is 12.1 Å². The Labute approximate surface area is 109 Å². The number of aromatic nitrogens is 3. The van der Waals surface area contributed by atoms with E-state index in [4.69, 9.17) is 0 Å². The summed E-state index contributed by atoms with van der Waals surface area (Å²) in [4.78, 5) is 4.33. The maximum absolute atomic E-state index is 12.5. The normalized spacial score (nSPS) is 11.8. The number of rotatable bonds is 3. The zero-order valence-corrected chi connectivity index (χ0v) is 10.7. The lowest BCUT2D eigenvalue weighted by Gasteiger charge is -2.06. The number of aryl methyl sites for hydroxylation is 2. The van der Waals surface area contributed by atoms with Crippen LogP contribution in [0.25, 0.3) is 11.4 Å². The molecule has 0 atom stereocenters. The molecule has 6 heteroatoms. The van der Waals surface area contributed by atoms with Crippen LogP contribution in [0, 0.1) is 0 Å². The average Bonchev–Trinajstić information content (AvgIpc) is 2.71. The van der Waals surface area contributed by atoms with Crippen LogP contribution in [0.2, 0.25) is 0 Å². The van der Waals surface area contributed by atoms with Crippen molar-refractivity contribution >= 4 is 0 Å². The fraction of sp³-hybridized carbons (Fsp3) is 0.385. The van der Waals surface area contributed by atoms with Crippen molar-refractivity contribution in [1.82, 2.24) is 14.8 Å². The van der Waals surface area contributed by atoms with Gasteiger partial charge in [0.2, 0.25) is 0 Å². The third kappa shape index (κ3) is 2.94. The summed E-state index contributed by atoms with van der Waals surface area (Å²) in [7, 11) is 1.78. The highest BCUT2D eigenvalue weighted by atomic mass is 19.4.